The molecule has 1 unspecified atom stereocenters. The highest BCUT2D eigenvalue weighted by atomic mass is 32.1. The lowest BCUT2D eigenvalue weighted by atomic mass is 9.99. The van der Waals surface area contributed by atoms with Gasteiger partial charge in [-0.05, 0) is 54.7 Å². The lowest BCUT2D eigenvalue weighted by molar-refractivity contribution is 0.284. The Morgan fingerprint density at radius 1 is 1.00 bits per heavy atom. The second-order valence-electron chi connectivity index (χ2n) is 6.63. The van der Waals surface area contributed by atoms with Crippen molar-refractivity contribution >= 4 is 23.0 Å². The molecule has 2 heterocycles. The zero-order chi connectivity index (χ0) is 19.5. The Morgan fingerprint density at radius 3 is 2.57 bits per heavy atom. The predicted octanol–water partition coefficient (Wildman–Crippen LogP) is 4.31. The van der Waals surface area contributed by atoms with Crippen LogP contribution in [0.2, 0.25) is 0 Å². The minimum absolute atomic E-state index is 0.0717. The number of thiocarbonyl (C=S) groups is 1. The molecular weight excluding hydrogens is 370 g/mol. The summed E-state index contributed by atoms with van der Waals surface area (Å²) in [6, 6.07) is 20.0. The summed E-state index contributed by atoms with van der Waals surface area (Å²) in [5.41, 5.74) is 3.18. The van der Waals surface area contributed by atoms with Crippen LogP contribution in [0.3, 0.4) is 0 Å². The highest BCUT2D eigenvalue weighted by Crippen LogP contribution is 2.39. The van der Waals surface area contributed by atoms with Crippen molar-refractivity contribution in [3.05, 3.63) is 78.1 Å². The van der Waals surface area contributed by atoms with Crippen molar-refractivity contribution in [2.45, 2.75) is 12.6 Å². The third-order valence-electron chi connectivity index (χ3n) is 5.06. The van der Waals surface area contributed by atoms with Crippen LogP contribution in [-0.4, -0.2) is 35.3 Å². The highest BCUT2D eigenvalue weighted by molar-refractivity contribution is 7.80. The van der Waals surface area contributed by atoms with Crippen molar-refractivity contribution in [1.29, 1.82) is 0 Å². The van der Waals surface area contributed by atoms with Crippen molar-refractivity contribution in [3.63, 3.8) is 0 Å². The van der Waals surface area contributed by atoms with Crippen molar-refractivity contribution in [1.82, 2.24) is 9.47 Å². The summed E-state index contributed by atoms with van der Waals surface area (Å²) in [6.07, 6.45) is 2.11. The van der Waals surface area contributed by atoms with E-state index in [1.165, 1.54) is 5.69 Å². The molecule has 1 aliphatic heterocycles. The molecule has 0 fully saturated rings. The van der Waals surface area contributed by atoms with Crippen LogP contribution in [0.25, 0.3) is 0 Å². The fraction of sp³-hybridized carbons (Fsp3) is 0.227. The van der Waals surface area contributed by atoms with E-state index < -0.39 is 0 Å². The van der Waals surface area contributed by atoms with E-state index in [0.717, 1.165) is 35.8 Å². The van der Waals surface area contributed by atoms with Gasteiger partial charge in [0.25, 0.3) is 0 Å². The van der Waals surface area contributed by atoms with E-state index in [4.69, 9.17) is 21.7 Å². The fourth-order valence-electron chi connectivity index (χ4n) is 3.70. The number of anilines is 1. The quantitative estimate of drug-likeness (QED) is 0.669. The van der Waals surface area contributed by atoms with E-state index in [-0.39, 0.29) is 6.04 Å². The Labute approximate surface area is 170 Å². The molecule has 28 heavy (non-hydrogen) atoms. The molecule has 0 amide bonds. The fourth-order valence-corrected chi connectivity index (χ4v) is 4.01. The van der Waals surface area contributed by atoms with Crippen LogP contribution in [0.1, 0.15) is 17.3 Å². The standard InChI is InChI=1S/C22H23N3O2S/c1-26-17-10-11-20(27-2)18(15-17)21-19-9-6-12-24(19)13-14-25(21)22(28)23-16-7-4-3-5-8-16/h3-12,15,21H,13-14H2,1-2H3,(H,23,28). The number of ether oxygens (including phenoxy) is 2. The summed E-state index contributed by atoms with van der Waals surface area (Å²) >= 11 is 5.81. The zero-order valence-electron chi connectivity index (χ0n) is 16.0. The van der Waals surface area contributed by atoms with Crippen LogP contribution in [0, 0.1) is 0 Å². The van der Waals surface area contributed by atoms with Crippen LogP contribution in [0.15, 0.2) is 66.9 Å². The number of para-hydroxylation sites is 1. The topological polar surface area (TPSA) is 38.7 Å². The van der Waals surface area contributed by atoms with Crippen molar-refractivity contribution < 1.29 is 9.47 Å². The molecule has 5 nitrogen and oxygen atoms in total. The molecule has 1 aromatic heterocycles. The molecule has 0 spiro atoms. The number of nitrogens with zero attached hydrogens (tertiary/aromatic N) is 2. The summed E-state index contributed by atoms with van der Waals surface area (Å²) in [5, 5.41) is 4.06. The first kappa shape index (κ1) is 18.4. The molecule has 0 bridgehead atoms. The maximum atomic E-state index is 5.81. The SMILES string of the molecule is COc1ccc(OC)c(C2c3cccn3CCN2C(=S)Nc2ccccc2)c1. The second kappa shape index (κ2) is 7.94. The molecule has 2 aromatic carbocycles. The molecule has 0 saturated carbocycles. The van der Waals surface area contributed by atoms with E-state index in [2.05, 4.69) is 33.1 Å². The van der Waals surface area contributed by atoms with Crippen LogP contribution < -0.4 is 14.8 Å². The molecular formula is C22H23N3O2S. The summed E-state index contributed by atoms with van der Waals surface area (Å²) in [7, 11) is 3.37. The summed E-state index contributed by atoms with van der Waals surface area (Å²) < 4.78 is 13.4. The van der Waals surface area contributed by atoms with E-state index in [0.29, 0.717) is 5.11 Å². The maximum Gasteiger partial charge on any atom is 0.174 e. The number of nitrogens with one attached hydrogen (secondary N) is 1. The van der Waals surface area contributed by atoms with Gasteiger partial charge in [0.05, 0.1) is 14.2 Å². The average Bonchev–Trinajstić information content (AvgIpc) is 3.22. The number of rotatable bonds is 4. The van der Waals surface area contributed by atoms with Gasteiger partial charge < -0.3 is 24.3 Å². The Kier molecular flexibility index (Phi) is 5.21. The van der Waals surface area contributed by atoms with Crippen LogP contribution in [0.4, 0.5) is 5.69 Å². The Hall–Kier alpha value is -2.99. The van der Waals surface area contributed by atoms with Crippen LogP contribution in [-0.2, 0) is 6.54 Å². The first-order valence-corrected chi connectivity index (χ1v) is 9.61. The van der Waals surface area contributed by atoms with E-state index in [1.54, 1.807) is 14.2 Å². The minimum Gasteiger partial charge on any atom is -0.497 e. The van der Waals surface area contributed by atoms with Gasteiger partial charge >= 0.3 is 0 Å². The number of methoxy groups -OCH3 is 2. The number of fused-ring (bicyclic) bond motifs is 1. The molecule has 6 heteroatoms. The first-order valence-electron chi connectivity index (χ1n) is 9.21. The van der Waals surface area contributed by atoms with Gasteiger partial charge in [-0.15, -0.1) is 0 Å². The second-order valence-corrected chi connectivity index (χ2v) is 7.01. The normalized spacial score (nSPS) is 15.6. The molecule has 1 aliphatic rings. The molecule has 1 atom stereocenters. The lowest BCUT2D eigenvalue weighted by Crippen LogP contribution is -2.44. The molecule has 4 rings (SSSR count). The average molecular weight is 394 g/mol. The van der Waals surface area contributed by atoms with Gasteiger partial charge in [0, 0.05) is 36.2 Å². The van der Waals surface area contributed by atoms with Gasteiger partial charge in [0.2, 0.25) is 0 Å². The molecule has 0 aliphatic carbocycles. The Balaban J connectivity index is 1.76. The van der Waals surface area contributed by atoms with Gasteiger partial charge in [-0.3, -0.25) is 0 Å². The monoisotopic (exact) mass is 393 g/mol. The van der Waals surface area contributed by atoms with Gasteiger partial charge in [-0.2, -0.15) is 0 Å². The molecule has 3 aromatic rings. The van der Waals surface area contributed by atoms with Gasteiger partial charge in [0.15, 0.2) is 5.11 Å². The maximum absolute atomic E-state index is 5.81. The largest absolute Gasteiger partial charge is 0.497 e. The highest BCUT2D eigenvalue weighted by Gasteiger charge is 2.32. The first-order chi connectivity index (χ1) is 13.7. The number of hydrogen-bond donors (Lipinski definition) is 1. The van der Waals surface area contributed by atoms with E-state index in [9.17, 15) is 0 Å². The number of aromatic nitrogens is 1. The third-order valence-corrected chi connectivity index (χ3v) is 5.39. The third kappa shape index (κ3) is 3.43. The van der Waals surface area contributed by atoms with Gasteiger partial charge in [-0.1, -0.05) is 18.2 Å². The smallest absolute Gasteiger partial charge is 0.174 e. The summed E-state index contributed by atoms with van der Waals surface area (Å²) in [6.45, 7) is 1.67. The predicted molar refractivity (Wildman–Crippen MR) is 115 cm³/mol. The van der Waals surface area contributed by atoms with Gasteiger partial charge in [-0.25, -0.2) is 0 Å². The molecule has 0 saturated heterocycles. The zero-order valence-corrected chi connectivity index (χ0v) is 16.8. The van der Waals surface area contributed by atoms with Crippen molar-refractivity contribution in [2.24, 2.45) is 0 Å². The number of benzene rings is 2. The minimum atomic E-state index is -0.0717. The van der Waals surface area contributed by atoms with Crippen LogP contribution in [0.5, 0.6) is 11.5 Å². The van der Waals surface area contributed by atoms with Crippen molar-refractivity contribution in [3.8, 4) is 11.5 Å². The lowest BCUT2D eigenvalue weighted by Gasteiger charge is -2.39. The van der Waals surface area contributed by atoms with Crippen molar-refractivity contribution in [2.75, 3.05) is 26.1 Å². The molecule has 1 N–H and O–H groups in total. The van der Waals surface area contributed by atoms with E-state index in [1.807, 2.05) is 48.5 Å². The molecule has 144 valence electrons. The van der Waals surface area contributed by atoms with Crippen LogP contribution >= 0.6 is 12.2 Å². The Morgan fingerprint density at radius 2 is 1.82 bits per heavy atom. The number of hydrogen-bond acceptors (Lipinski definition) is 3. The summed E-state index contributed by atoms with van der Waals surface area (Å²) in [5.74, 6) is 1.61. The molecule has 0 radical (unpaired) electrons. The van der Waals surface area contributed by atoms with Gasteiger partial charge in [0.1, 0.15) is 17.5 Å². The Bertz CT molecular complexity index is 971. The summed E-state index contributed by atoms with van der Waals surface area (Å²) in [4.78, 5) is 2.22. The van der Waals surface area contributed by atoms with E-state index >= 15 is 0 Å².